The molecule has 1 aromatic heterocycles. The number of carbonyl (C=O) groups is 1. The van der Waals surface area contributed by atoms with E-state index in [1.807, 2.05) is 0 Å². The Morgan fingerprint density at radius 3 is 2.94 bits per heavy atom. The number of esters is 1. The second kappa shape index (κ2) is 5.57. The van der Waals surface area contributed by atoms with Crippen molar-refractivity contribution >= 4 is 22.3 Å². The standard InChI is InChI=1S/C9H11NO5S/c1-15-9(12)3-2-7(11)6-4-8(10(13)14)16-5-6/h4-5,7,11H,2-3H2,1H3. The van der Waals surface area contributed by atoms with Gasteiger partial charge in [-0.15, -0.1) is 0 Å². The molecule has 7 heteroatoms. The lowest BCUT2D eigenvalue weighted by molar-refractivity contribution is -0.380. The summed E-state index contributed by atoms with van der Waals surface area (Å²) in [6.07, 6.45) is -0.592. The van der Waals surface area contributed by atoms with Crippen molar-refractivity contribution in [3.63, 3.8) is 0 Å². The molecule has 1 aromatic rings. The number of methoxy groups -OCH3 is 1. The number of carbonyl (C=O) groups excluding carboxylic acids is 1. The Kier molecular flexibility index (Phi) is 4.39. The summed E-state index contributed by atoms with van der Waals surface area (Å²) < 4.78 is 4.42. The zero-order chi connectivity index (χ0) is 12.1. The van der Waals surface area contributed by atoms with Gasteiger partial charge in [0.15, 0.2) is 0 Å². The van der Waals surface area contributed by atoms with Crippen LogP contribution >= 0.6 is 11.3 Å². The molecule has 1 unspecified atom stereocenters. The average molecular weight is 245 g/mol. The highest BCUT2D eigenvalue weighted by Crippen LogP contribution is 2.28. The van der Waals surface area contributed by atoms with Crippen molar-refractivity contribution < 1.29 is 19.6 Å². The average Bonchev–Trinajstić information content (AvgIpc) is 2.74. The van der Waals surface area contributed by atoms with E-state index in [4.69, 9.17) is 0 Å². The summed E-state index contributed by atoms with van der Waals surface area (Å²) in [5.74, 6) is -0.413. The summed E-state index contributed by atoms with van der Waals surface area (Å²) in [7, 11) is 1.27. The summed E-state index contributed by atoms with van der Waals surface area (Å²) in [6.45, 7) is 0. The Hall–Kier alpha value is -1.47. The molecule has 1 rings (SSSR count). The van der Waals surface area contributed by atoms with Crippen LogP contribution in [0.15, 0.2) is 11.4 Å². The van der Waals surface area contributed by atoms with Gasteiger partial charge in [0.05, 0.1) is 18.1 Å². The Bertz CT molecular complexity index is 389. The molecular weight excluding hydrogens is 234 g/mol. The van der Waals surface area contributed by atoms with Crippen LogP contribution in [0.5, 0.6) is 0 Å². The second-order valence-electron chi connectivity index (χ2n) is 3.11. The molecule has 0 aliphatic heterocycles. The van der Waals surface area contributed by atoms with Gasteiger partial charge in [0, 0.05) is 17.9 Å². The van der Waals surface area contributed by atoms with Crippen LogP contribution in [0.4, 0.5) is 5.00 Å². The first-order valence-corrected chi connectivity index (χ1v) is 5.40. The number of hydrogen-bond donors (Lipinski definition) is 1. The molecule has 0 aromatic carbocycles. The Labute approximate surface area is 95.6 Å². The van der Waals surface area contributed by atoms with Crippen molar-refractivity contribution in [1.29, 1.82) is 0 Å². The summed E-state index contributed by atoms with van der Waals surface area (Å²) in [5, 5.41) is 21.5. The molecule has 0 aliphatic rings. The Morgan fingerprint density at radius 2 is 2.44 bits per heavy atom. The number of ether oxygens (including phenoxy) is 1. The van der Waals surface area contributed by atoms with Gasteiger partial charge >= 0.3 is 11.0 Å². The largest absolute Gasteiger partial charge is 0.469 e. The normalized spacial score (nSPS) is 12.1. The maximum absolute atomic E-state index is 10.8. The van der Waals surface area contributed by atoms with Crippen molar-refractivity contribution in [1.82, 2.24) is 0 Å². The van der Waals surface area contributed by atoms with Gasteiger partial charge in [0.25, 0.3) is 0 Å². The third-order valence-corrected chi connectivity index (χ3v) is 2.92. The quantitative estimate of drug-likeness (QED) is 0.484. The minimum absolute atomic E-state index is 0.0212. The van der Waals surface area contributed by atoms with Crippen LogP contribution in [0.25, 0.3) is 0 Å². The van der Waals surface area contributed by atoms with Gasteiger partial charge in [-0.05, 0) is 12.0 Å². The van der Waals surface area contributed by atoms with Crippen molar-refractivity contribution in [3.05, 3.63) is 27.1 Å². The summed E-state index contributed by atoms with van der Waals surface area (Å²) in [6, 6.07) is 1.31. The number of hydrogen-bond acceptors (Lipinski definition) is 6. The van der Waals surface area contributed by atoms with Crippen LogP contribution in [0.3, 0.4) is 0 Å². The first-order chi connectivity index (χ1) is 7.54. The van der Waals surface area contributed by atoms with Crippen LogP contribution in [0.1, 0.15) is 24.5 Å². The van der Waals surface area contributed by atoms with E-state index in [-0.39, 0.29) is 17.8 Å². The lowest BCUT2D eigenvalue weighted by Gasteiger charge is -2.06. The lowest BCUT2D eigenvalue weighted by Crippen LogP contribution is -2.04. The third-order valence-electron chi connectivity index (χ3n) is 2.02. The van der Waals surface area contributed by atoms with Crippen molar-refractivity contribution in [2.24, 2.45) is 0 Å². The molecule has 6 nitrogen and oxygen atoms in total. The molecule has 0 fully saturated rings. The molecule has 0 bridgehead atoms. The first kappa shape index (κ1) is 12.6. The molecule has 0 saturated heterocycles. The van der Waals surface area contributed by atoms with Gasteiger partial charge in [0.1, 0.15) is 0 Å². The van der Waals surface area contributed by atoms with Crippen molar-refractivity contribution in [2.45, 2.75) is 18.9 Å². The third kappa shape index (κ3) is 3.28. The van der Waals surface area contributed by atoms with E-state index in [2.05, 4.69) is 4.74 Å². The van der Waals surface area contributed by atoms with Crippen LogP contribution < -0.4 is 0 Å². The highest BCUT2D eigenvalue weighted by Gasteiger charge is 2.16. The zero-order valence-electron chi connectivity index (χ0n) is 8.58. The number of nitro groups is 1. The van der Waals surface area contributed by atoms with Gasteiger partial charge in [-0.25, -0.2) is 0 Å². The number of nitrogens with zero attached hydrogens (tertiary/aromatic N) is 1. The Morgan fingerprint density at radius 1 is 1.75 bits per heavy atom. The van der Waals surface area contributed by atoms with Crippen molar-refractivity contribution in [3.8, 4) is 0 Å². The number of aliphatic hydroxyl groups is 1. The molecule has 0 aliphatic carbocycles. The van der Waals surface area contributed by atoms with Crippen LogP contribution in [0.2, 0.25) is 0 Å². The number of thiophene rings is 1. The fraction of sp³-hybridized carbons (Fsp3) is 0.444. The molecule has 0 spiro atoms. The zero-order valence-corrected chi connectivity index (χ0v) is 9.40. The summed E-state index contributed by atoms with van der Waals surface area (Å²) >= 11 is 0.951. The highest BCUT2D eigenvalue weighted by molar-refractivity contribution is 7.13. The highest BCUT2D eigenvalue weighted by atomic mass is 32.1. The molecule has 88 valence electrons. The SMILES string of the molecule is COC(=O)CCC(O)c1csc([N+](=O)[O-])c1. The number of aliphatic hydroxyl groups excluding tert-OH is 1. The molecule has 0 amide bonds. The molecular formula is C9H11NO5S. The summed E-state index contributed by atoms with van der Waals surface area (Å²) in [4.78, 5) is 20.7. The second-order valence-corrected chi connectivity index (χ2v) is 4.00. The fourth-order valence-electron chi connectivity index (χ4n) is 1.13. The van der Waals surface area contributed by atoms with Crippen LogP contribution in [-0.2, 0) is 9.53 Å². The predicted octanol–water partition coefficient (Wildman–Crippen LogP) is 1.64. The van der Waals surface area contributed by atoms with Gasteiger partial charge < -0.3 is 9.84 Å². The van der Waals surface area contributed by atoms with E-state index in [1.165, 1.54) is 18.6 Å². The van der Waals surface area contributed by atoms with E-state index in [0.717, 1.165) is 11.3 Å². The van der Waals surface area contributed by atoms with Gasteiger partial charge in [0.2, 0.25) is 0 Å². The summed E-state index contributed by atoms with van der Waals surface area (Å²) in [5.41, 5.74) is 0.459. The molecule has 1 N–H and O–H groups in total. The molecule has 1 atom stereocenters. The van der Waals surface area contributed by atoms with Gasteiger partial charge in [-0.2, -0.15) is 0 Å². The van der Waals surface area contributed by atoms with Crippen molar-refractivity contribution in [2.75, 3.05) is 7.11 Å². The van der Waals surface area contributed by atoms with Gasteiger partial charge in [-0.3, -0.25) is 14.9 Å². The maximum Gasteiger partial charge on any atom is 0.324 e. The van der Waals surface area contributed by atoms with E-state index in [9.17, 15) is 20.0 Å². The van der Waals surface area contributed by atoms with Crippen LogP contribution in [-0.4, -0.2) is 23.1 Å². The molecule has 0 saturated carbocycles. The van der Waals surface area contributed by atoms with E-state index < -0.39 is 17.0 Å². The predicted molar refractivity (Wildman–Crippen MR) is 57.2 cm³/mol. The minimum Gasteiger partial charge on any atom is -0.469 e. The topological polar surface area (TPSA) is 89.7 Å². The van der Waals surface area contributed by atoms with Crippen LogP contribution in [0, 0.1) is 10.1 Å². The smallest absolute Gasteiger partial charge is 0.324 e. The van der Waals surface area contributed by atoms with E-state index in [1.54, 1.807) is 0 Å². The van der Waals surface area contributed by atoms with E-state index in [0.29, 0.717) is 5.56 Å². The molecule has 16 heavy (non-hydrogen) atoms. The monoisotopic (exact) mass is 245 g/mol. The maximum atomic E-state index is 10.8. The Balaban J connectivity index is 2.55. The lowest BCUT2D eigenvalue weighted by atomic mass is 10.1. The minimum atomic E-state index is -0.871. The molecule has 0 radical (unpaired) electrons. The molecule has 1 heterocycles. The number of rotatable bonds is 5. The first-order valence-electron chi connectivity index (χ1n) is 4.52. The van der Waals surface area contributed by atoms with Gasteiger partial charge in [-0.1, -0.05) is 11.3 Å². The van der Waals surface area contributed by atoms with E-state index >= 15 is 0 Å². The fourth-order valence-corrected chi connectivity index (χ4v) is 1.90.